The van der Waals surface area contributed by atoms with E-state index in [2.05, 4.69) is 17.3 Å². The largest absolute Gasteiger partial charge is 0.491 e. The fraction of sp³-hybridized carbons (Fsp3) is 0.600. The number of hydrogen-bond acceptors (Lipinski definition) is 4. The molecular formula is C15H24FN3O. The Bertz CT molecular complexity index is 453. The van der Waals surface area contributed by atoms with E-state index in [0.717, 1.165) is 18.8 Å². The van der Waals surface area contributed by atoms with Gasteiger partial charge in [-0.1, -0.05) is 6.42 Å². The van der Waals surface area contributed by atoms with Gasteiger partial charge >= 0.3 is 0 Å². The minimum atomic E-state index is -0.412. The monoisotopic (exact) mass is 281 g/mol. The fourth-order valence-corrected chi connectivity index (χ4v) is 2.62. The van der Waals surface area contributed by atoms with Gasteiger partial charge in [0.05, 0.1) is 18.0 Å². The van der Waals surface area contributed by atoms with E-state index >= 15 is 0 Å². The Kier molecular flexibility index (Phi) is 5.06. The number of rotatable bonds is 5. The van der Waals surface area contributed by atoms with Crippen LogP contribution < -0.4 is 15.8 Å². The van der Waals surface area contributed by atoms with Crippen LogP contribution in [0.25, 0.3) is 0 Å². The van der Waals surface area contributed by atoms with Gasteiger partial charge in [-0.25, -0.2) is 4.39 Å². The molecule has 1 atom stereocenters. The van der Waals surface area contributed by atoms with Crippen molar-refractivity contribution in [3.8, 4) is 5.75 Å². The number of halogens is 1. The molecule has 1 unspecified atom stereocenters. The predicted molar refractivity (Wildman–Crippen MR) is 80.7 cm³/mol. The molecule has 112 valence electrons. The number of hydrogen-bond donors (Lipinski definition) is 2. The van der Waals surface area contributed by atoms with Crippen LogP contribution in [0.4, 0.5) is 15.8 Å². The molecule has 20 heavy (non-hydrogen) atoms. The SMILES string of the molecule is CCOc1cc(NCC2CCCCN2C)c(N)cc1F. The summed E-state index contributed by atoms with van der Waals surface area (Å²) >= 11 is 0. The lowest BCUT2D eigenvalue weighted by molar-refractivity contribution is 0.194. The Balaban J connectivity index is 2.02. The molecule has 0 saturated carbocycles. The minimum Gasteiger partial charge on any atom is -0.491 e. The Morgan fingerprint density at radius 2 is 2.25 bits per heavy atom. The van der Waals surface area contributed by atoms with E-state index in [0.29, 0.717) is 18.3 Å². The van der Waals surface area contributed by atoms with Crippen LogP contribution in [0.2, 0.25) is 0 Å². The molecule has 0 amide bonds. The maximum Gasteiger partial charge on any atom is 0.167 e. The van der Waals surface area contributed by atoms with Gasteiger partial charge in [0.25, 0.3) is 0 Å². The molecule has 0 spiro atoms. The molecule has 0 bridgehead atoms. The van der Waals surface area contributed by atoms with Crippen molar-refractivity contribution in [2.24, 2.45) is 0 Å². The highest BCUT2D eigenvalue weighted by Crippen LogP contribution is 2.28. The predicted octanol–water partition coefficient (Wildman–Crippen LogP) is 2.70. The number of nitrogens with zero attached hydrogens (tertiary/aromatic N) is 1. The quantitative estimate of drug-likeness (QED) is 0.815. The van der Waals surface area contributed by atoms with Crippen molar-refractivity contribution in [3.05, 3.63) is 17.9 Å². The summed E-state index contributed by atoms with van der Waals surface area (Å²) in [6.45, 7) is 4.22. The second-order valence-electron chi connectivity index (χ2n) is 5.31. The molecule has 1 aliphatic rings. The zero-order chi connectivity index (χ0) is 14.5. The van der Waals surface area contributed by atoms with Crippen LogP contribution in [0.5, 0.6) is 5.75 Å². The summed E-state index contributed by atoms with van der Waals surface area (Å²) in [4.78, 5) is 2.36. The highest BCUT2D eigenvalue weighted by Gasteiger charge is 2.19. The van der Waals surface area contributed by atoms with Crippen molar-refractivity contribution >= 4 is 11.4 Å². The Labute approximate surface area is 120 Å². The summed E-state index contributed by atoms with van der Waals surface area (Å²) in [5.74, 6) is -0.161. The van der Waals surface area contributed by atoms with Gasteiger partial charge in [-0.05, 0) is 33.4 Å². The number of benzene rings is 1. The van der Waals surface area contributed by atoms with Crippen molar-refractivity contribution in [2.45, 2.75) is 32.2 Å². The van der Waals surface area contributed by atoms with Crippen LogP contribution in [0.1, 0.15) is 26.2 Å². The molecule has 0 aromatic heterocycles. The van der Waals surface area contributed by atoms with Crippen molar-refractivity contribution < 1.29 is 9.13 Å². The second-order valence-corrected chi connectivity index (χ2v) is 5.31. The molecule has 1 aliphatic heterocycles. The first kappa shape index (κ1) is 14.9. The van der Waals surface area contributed by atoms with Gasteiger partial charge in [-0.3, -0.25) is 0 Å². The molecule has 1 fully saturated rings. The minimum absolute atomic E-state index is 0.251. The normalized spacial score (nSPS) is 19.9. The van der Waals surface area contributed by atoms with Crippen molar-refractivity contribution in [1.82, 2.24) is 4.90 Å². The van der Waals surface area contributed by atoms with Crippen LogP contribution in [0.15, 0.2) is 12.1 Å². The van der Waals surface area contributed by atoms with Crippen molar-refractivity contribution in [3.63, 3.8) is 0 Å². The number of nitrogens with two attached hydrogens (primary N) is 1. The lowest BCUT2D eigenvalue weighted by atomic mass is 10.0. The summed E-state index contributed by atoms with van der Waals surface area (Å²) in [7, 11) is 2.14. The summed E-state index contributed by atoms with van der Waals surface area (Å²) in [6.07, 6.45) is 3.71. The van der Waals surface area contributed by atoms with E-state index in [1.54, 1.807) is 6.07 Å². The smallest absolute Gasteiger partial charge is 0.167 e. The Hall–Kier alpha value is -1.49. The van der Waals surface area contributed by atoms with E-state index in [1.807, 2.05) is 6.92 Å². The van der Waals surface area contributed by atoms with E-state index in [-0.39, 0.29) is 5.75 Å². The van der Waals surface area contributed by atoms with Crippen molar-refractivity contribution in [1.29, 1.82) is 0 Å². The Morgan fingerprint density at radius 1 is 1.45 bits per heavy atom. The zero-order valence-electron chi connectivity index (χ0n) is 12.3. The first-order valence-electron chi connectivity index (χ1n) is 7.27. The number of nitrogen functional groups attached to an aromatic ring is 1. The van der Waals surface area contributed by atoms with Crippen LogP contribution in [0, 0.1) is 5.82 Å². The number of ether oxygens (including phenoxy) is 1. The van der Waals surface area contributed by atoms with Gasteiger partial charge < -0.3 is 20.7 Å². The lowest BCUT2D eigenvalue weighted by Gasteiger charge is -2.32. The third-order valence-corrected chi connectivity index (χ3v) is 3.85. The van der Waals surface area contributed by atoms with E-state index in [9.17, 15) is 4.39 Å². The van der Waals surface area contributed by atoms with Crippen LogP contribution in [-0.4, -0.2) is 37.7 Å². The summed E-state index contributed by atoms with van der Waals surface area (Å²) < 4.78 is 18.9. The zero-order valence-corrected chi connectivity index (χ0v) is 12.3. The summed E-state index contributed by atoms with van der Waals surface area (Å²) in [6, 6.07) is 3.47. The molecule has 3 N–H and O–H groups in total. The molecule has 5 heteroatoms. The average molecular weight is 281 g/mol. The summed E-state index contributed by atoms with van der Waals surface area (Å²) in [5.41, 5.74) is 7.03. The first-order valence-corrected chi connectivity index (χ1v) is 7.27. The topological polar surface area (TPSA) is 50.5 Å². The van der Waals surface area contributed by atoms with Gasteiger partial charge in [0.1, 0.15) is 0 Å². The molecule has 1 aromatic carbocycles. The van der Waals surface area contributed by atoms with Crippen LogP contribution in [0.3, 0.4) is 0 Å². The third kappa shape index (κ3) is 3.54. The molecule has 1 heterocycles. The Morgan fingerprint density at radius 3 is 2.95 bits per heavy atom. The molecule has 0 radical (unpaired) electrons. The fourth-order valence-electron chi connectivity index (χ4n) is 2.62. The molecule has 4 nitrogen and oxygen atoms in total. The molecule has 2 rings (SSSR count). The standard InChI is InChI=1S/C15H24FN3O/c1-3-20-15-9-14(13(17)8-12(15)16)18-10-11-6-4-5-7-19(11)2/h8-9,11,18H,3-7,10,17H2,1-2H3. The summed E-state index contributed by atoms with van der Waals surface area (Å²) in [5, 5.41) is 3.33. The second kappa shape index (κ2) is 6.79. The first-order chi connectivity index (χ1) is 9.61. The number of anilines is 2. The number of piperidine rings is 1. The van der Waals surface area contributed by atoms with Gasteiger partial charge in [0.15, 0.2) is 11.6 Å². The maximum atomic E-state index is 13.6. The van der Waals surface area contributed by atoms with Gasteiger partial charge in [-0.2, -0.15) is 0 Å². The van der Waals surface area contributed by atoms with Crippen LogP contribution in [-0.2, 0) is 0 Å². The molecule has 1 aromatic rings. The van der Waals surface area contributed by atoms with Gasteiger partial charge in [0, 0.05) is 24.7 Å². The van der Waals surface area contributed by atoms with E-state index < -0.39 is 5.82 Å². The molecular weight excluding hydrogens is 257 g/mol. The number of likely N-dealkylation sites (tertiary alicyclic amines) is 1. The number of likely N-dealkylation sites (N-methyl/N-ethyl adjacent to an activating group) is 1. The molecule has 0 aliphatic carbocycles. The highest BCUT2D eigenvalue weighted by molar-refractivity contribution is 5.68. The molecule has 1 saturated heterocycles. The van der Waals surface area contributed by atoms with Gasteiger partial charge in [0.2, 0.25) is 0 Å². The third-order valence-electron chi connectivity index (χ3n) is 3.85. The van der Waals surface area contributed by atoms with E-state index in [4.69, 9.17) is 10.5 Å². The van der Waals surface area contributed by atoms with Crippen molar-refractivity contribution in [2.75, 3.05) is 37.8 Å². The number of nitrogens with one attached hydrogen (secondary N) is 1. The van der Waals surface area contributed by atoms with Crippen LogP contribution >= 0.6 is 0 Å². The van der Waals surface area contributed by atoms with E-state index in [1.165, 1.54) is 25.3 Å². The van der Waals surface area contributed by atoms with Gasteiger partial charge in [-0.15, -0.1) is 0 Å². The maximum absolute atomic E-state index is 13.6. The highest BCUT2D eigenvalue weighted by atomic mass is 19.1. The lowest BCUT2D eigenvalue weighted by Crippen LogP contribution is -2.40. The average Bonchev–Trinajstić information content (AvgIpc) is 2.42.